The third-order valence-corrected chi connectivity index (χ3v) is 5.35. The number of aromatic hydroxyl groups is 1. The van der Waals surface area contributed by atoms with Crippen molar-refractivity contribution in [3.63, 3.8) is 0 Å². The van der Waals surface area contributed by atoms with Crippen LogP contribution in [0.1, 0.15) is 37.3 Å². The van der Waals surface area contributed by atoms with Gasteiger partial charge in [0.1, 0.15) is 10.6 Å². The van der Waals surface area contributed by atoms with Crippen molar-refractivity contribution in [3.05, 3.63) is 65.7 Å². The molecule has 0 unspecified atom stereocenters. The molecule has 3 aromatic rings. The largest absolute Gasteiger partial charge is 0.507 e. The van der Waals surface area contributed by atoms with Gasteiger partial charge in [0.25, 0.3) is 10.1 Å². The van der Waals surface area contributed by atoms with Crippen molar-refractivity contribution in [2.45, 2.75) is 38.0 Å². The number of nitrogen functional groups attached to an aromatic ring is 1. The summed E-state index contributed by atoms with van der Waals surface area (Å²) in [7, 11) is -4.38. The molecule has 1 atom stereocenters. The molecule has 0 aliphatic rings. The van der Waals surface area contributed by atoms with Gasteiger partial charge in [-0.05, 0) is 42.8 Å². The van der Waals surface area contributed by atoms with Crippen molar-refractivity contribution in [3.8, 4) is 5.75 Å². The number of benzene rings is 3. The fraction of sp³-hybridized carbons (Fsp3) is 0.238. The van der Waals surface area contributed by atoms with E-state index in [1.165, 1.54) is 6.07 Å². The van der Waals surface area contributed by atoms with E-state index in [1.54, 1.807) is 12.1 Å². The van der Waals surface area contributed by atoms with E-state index < -0.39 is 10.1 Å². The second-order valence-corrected chi connectivity index (χ2v) is 7.95. The van der Waals surface area contributed by atoms with Crippen LogP contribution >= 0.6 is 0 Å². The van der Waals surface area contributed by atoms with Gasteiger partial charge >= 0.3 is 0 Å². The third-order valence-electron chi connectivity index (χ3n) is 4.45. The van der Waals surface area contributed by atoms with Crippen LogP contribution in [0.3, 0.4) is 0 Å². The normalized spacial score (nSPS) is 12.3. The van der Waals surface area contributed by atoms with E-state index in [-0.39, 0.29) is 22.1 Å². The zero-order valence-electron chi connectivity index (χ0n) is 15.7. The van der Waals surface area contributed by atoms with Crippen LogP contribution < -0.4 is 5.73 Å². The van der Waals surface area contributed by atoms with Gasteiger partial charge in [-0.25, -0.2) is 0 Å². The molecule has 3 rings (SSSR count). The lowest BCUT2D eigenvalue weighted by Crippen LogP contribution is -2.06. The maximum Gasteiger partial charge on any atom is 0.294 e. The monoisotopic (exact) mass is 387 g/mol. The summed E-state index contributed by atoms with van der Waals surface area (Å²) >= 11 is 0. The molecule has 5 nitrogen and oxygen atoms in total. The van der Waals surface area contributed by atoms with Gasteiger partial charge in [0.15, 0.2) is 0 Å². The van der Waals surface area contributed by atoms with E-state index in [0.29, 0.717) is 17.2 Å². The van der Waals surface area contributed by atoms with Crippen LogP contribution in [0, 0.1) is 6.92 Å². The topological polar surface area (TPSA) is 101 Å². The third kappa shape index (κ3) is 4.99. The van der Waals surface area contributed by atoms with Crippen LogP contribution in [0.4, 0.5) is 5.69 Å². The molecule has 0 aliphatic carbocycles. The first-order valence-corrected chi connectivity index (χ1v) is 10.1. The van der Waals surface area contributed by atoms with Crippen LogP contribution in [-0.2, 0) is 10.1 Å². The smallest absolute Gasteiger partial charge is 0.294 e. The Kier molecular flexibility index (Phi) is 6.46. The van der Waals surface area contributed by atoms with Gasteiger partial charge in [0.2, 0.25) is 0 Å². The highest BCUT2D eigenvalue weighted by molar-refractivity contribution is 7.85. The Balaban J connectivity index is 0.000000313. The second-order valence-electron chi connectivity index (χ2n) is 6.56. The molecule has 6 heteroatoms. The van der Waals surface area contributed by atoms with Crippen molar-refractivity contribution in [2.75, 3.05) is 5.73 Å². The Bertz CT molecular complexity index is 1030. The average molecular weight is 388 g/mol. The number of nitrogens with two attached hydrogens (primary N) is 1. The molecule has 3 aromatic carbocycles. The summed E-state index contributed by atoms with van der Waals surface area (Å²) in [4.78, 5) is -0.206. The molecule has 0 aliphatic heterocycles. The summed E-state index contributed by atoms with van der Waals surface area (Å²) in [6.07, 6.45) is 0.660. The number of aryl methyl sites for hydroxylation is 1. The molecule has 0 fully saturated rings. The predicted molar refractivity (Wildman–Crippen MR) is 110 cm³/mol. The molecule has 4 N–H and O–H groups in total. The Hall–Kier alpha value is -2.57. The molecule has 0 saturated carbocycles. The number of para-hydroxylation sites is 1. The van der Waals surface area contributed by atoms with Crippen LogP contribution in [0.2, 0.25) is 0 Å². The Morgan fingerprint density at radius 1 is 1.07 bits per heavy atom. The van der Waals surface area contributed by atoms with Crippen molar-refractivity contribution < 1.29 is 18.1 Å². The van der Waals surface area contributed by atoms with E-state index in [0.717, 1.165) is 11.3 Å². The van der Waals surface area contributed by atoms with E-state index in [1.807, 2.05) is 57.2 Å². The lowest BCUT2D eigenvalue weighted by Gasteiger charge is -2.17. The first-order valence-electron chi connectivity index (χ1n) is 8.69. The highest BCUT2D eigenvalue weighted by Gasteiger charge is 2.24. The SMILES string of the molecule is CC[C@@H](C)c1c(S(=O)(=O)O)cc2cc(C)ccc2c1O.Nc1ccccc1. The summed E-state index contributed by atoms with van der Waals surface area (Å²) in [5.74, 6) is -0.234. The van der Waals surface area contributed by atoms with Gasteiger partial charge in [-0.3, -0.25) is 4.55 Å². The summed E-state index contributed by atoms with van der Waals surface area (Å²) in [6, 6.07) is 16.3. The molecule has 27 heavy (non-hydrogen) atoms. The molecule has 0 spiro atoms. The maximum absolute atomic E-state index is 11.6. The number of hydrogen-bond donors (Lipinski definition) is 3. The van der Waals surface area contributed by atoms with E-state index >= 15 is 0 Å². The minimum atomic E-state index is -4.38. The van der Waals surface area contributed by atoms with Crippen LogP contribution in [0.5, 0.6) is 5.75 Å². The molecule has 0 aromatic heterocycles. The number of anilines is 1. The summed E-state index contributed by atoms with van der Waals surface area (Å²) in [6.45, 7) is 5.60. The Labute approximate surface area is 160 Å². The molecule has 0 radical (unpaired) electrons. The second kappa shape index (κ2) is 8.41. The number of phenolic OH excluding ortho intramolecular Hbond substituents is 1. The minimum Gasteiger partial charge on any atom is -0.507 e. The first kappa shape index (κ1) is 20.7. The molecule has 144 valence electrons. The average Bonchev–Trinajstić information content (AvgIpc) is 2.61. The van der Waals surface area contributed by atoms with Gasteiger partial charge in [0.05, 0.1) is 0 Å². The Morgan fingerprint density at radius 2 is 1.70 bits per heavy atom. The number of phenols is 1. The van der Waals surface area contributed by atoms with Crippen molar-refractivity contribution in [1.29, 1.82) is 0 Å². The molecule has 0 saturated heterocycles. The fourth-order valence-corrected chi connectivity index (χ4v) is 3.70. The van der Waals surface area contributed by atoms with Gasteiger partial charge in [-0.1, -0.05) is 55.8 Å². The van der Waals surface area contributed by atoms with Gasteiger partial charge < -0.3 is 10.8 Å². The predicted octanol–water partition coefficient (Wildman–Crippen LogP) is 4.88. The van der Waals surface area contributed by atoms with Crippen LogP contribution in [0.15, 0.2) is 59.5 Å². The fourth-order valence-electron chi connectivity index (χ4n) is 2.84. The maximum atomic E-state index is 11.6. The molecule has 0 amide bonds. The van der Waals surface area contributed by atoms with Gasteiger partial charge in [-0.15, -0.1) is 0 Å². The molecule has 0 bridgehead atoms. The summed E-state index contributed by atoms with van der Waals surface area (Å²) in [5, 5.41) is 11.6. The molecular weight excluding hydrogens is 362 g/mol. The van der Waals surface area contributed by atoms with Crippen molar-refractivity contribution >= 4 is 26.6 Å². The minimum absolute atomic E-state index is 0.0653. The van der Waals surface area contributed by atoms with Gasteiger partial charge in [-0.2, -0.15) is 8.42 Å². The summed E-state index contributed by atoms with van der Waals surface area (Å²) < 4.78 is 32.6. The number of fused-ring (bicyclic) bond motifs is 1. The lowest BCUT2D eigenvalue weighted by molar-refractivity contribution is 0.456. The highest BCUT2D eigenvalue weighted by Crippen LogP contribution is 2.39. The van der Waals surface area contributed by atoms with Crippen LogP contribution in [-0.4, -0.2) is 18.1 Å². The van der Waals surface area contributed by atoms with E-state index in [4.69, 9.17) is 5.73 Å². The van der Waals surface area contributed by atoms with Crippen molar-refractivity contribution in [1.82, 2.24) is 0 Å². The molecular formula is C21H25NO4S. The summed E-state index contributed by atoms with van der Waals surface area (Å²) in [5.41, 5.74) is 7.42. The zero-order chi connectivity index (χ0) is 20.2. The quantitative estimate of drug-likeness (QED) is 0.439. The highest BCUT2D eigenvalue weighted by atomic mass is 32.2. The van der Waals surface area contributed by atoms with E-state index in [2.05, 4.69) is 0 Å². The standard InChI is InChI=1S/C15H18O4S.C6H7N/c1-4-10(3)14-13(20(17,18)19)8-11-7-9(2)5-6-12(11)15(14)16;7-6-4-2-1-3-5-6/h5-8,10,16H,4H2,1-3H3,(H,17,18,19);1-5H,7H2/t10-;/m1./s1. The number of rotatable bonds is 3. The Morgan fingerprint density at radius 3 is 2.19 bits per heavy atom. The van der Waals surface area contributed by atoms with E-state index in [9.17, 15) is 18.1 Å². The van der Waals surface area contributed by atoms with Crippen LogP contribution in [0.25, 0.3) is 10.8 Å². The van der Waals surface area contributed by atoms with Gasteiger partial charge in [0, 0.05) is 16.6 Å². The number of hydrogen-bond acceptors (Lipinski definition) is 4. The first-order chi connectivity index (χ1) is 12.6. The van der Waals surface area contributed by atoms with Crippen molar-refractivity contribution in [2.24, 2.45) is 0 Å². The molecule has 0 heterocycles. The zero-order valence-corrected chi connectivity index (χ0v) is 16.5. The lowest BCUT2D eigenvalue weighted by atomic mass is 9.94.